The van der Waals surface area contributed by atoms with Crippen molar-refractivity contribution in [2.24, 2.45) is 0 Å². The van der Waals surface area contributed by atoms with Crippen LogP contribution in [-0.4, -0.2) is 21.0 Å². The van der Waals surface area contributed by atoms with Crippen LogP contribution in [-0.2, 0) is 13.0 Å². The van der Waals surface area contributed by atoms with Gasteiger partial charge < -0.3 is 9.84 Å². The Balaban J connectivity index is 2.02. The van der Waals surface area contributed by atoms with E-state index >= 15 is 0 Å². The first-order valence-corrected chi connectivity index (χ1v) is 6.92. The van der Waals surface area contributed by atoms with E-state index in [-0.39, 0.29) is 22.8 Å². The standard InChI is InChI=1S/C13H13ClN4O4/c1-2-3-12-16-11(17-22-12)7-15-13(19)8-4-5-9(14)10(6-8)18(20)21/h4-6H,2-3,7H2,1H3,(H,15,19). The van der Waals surface area contributed by atoms with Crippen LogP contribution < -0.4 is 5.32 Å². The van der Waals surface area contributed by atoms with Crippen molar-refractivity contribution in [3.05, 3.63) is 50.6 Å². The van der Waals surface area contributed by atoms with Crippen molar-refractivity contribution >= 4 is 23.2 Å². The highest BCUT2D eigenvalue weighted by Gasteiger charge is 2.16. The van der Waals surface area contributed by atoms with Crippen LogP contribution >= 0.6 is 11.6 Å². The molecule has 0 saturated heterocycles. The molecule has 0 aliphatic rings. The minimum Gasteiger partial charge on any atom is -0.345 e. The number of hydrogen-bond acceptors (Lipinski definition) is 6. The van der Waals surface area contributed by atoms with Gasteiger partial charge >= 0.3 is 0 Å². The van der Waals surface area contributed by atoms with Crippen LogP contribution in [0, 0.1) is 10.1 Å². The summed E-state index contributed by atoms with van der Waals surface area (Å²) in [6.07, 6.45) is 1.55. The van der Waals surface area contributed by atoms with Gasteiger partial charge in [-0.25, -0.2) is 0 Å². The van der Waals surface area contributed by atoms with E-state index in [1.54, 1.807) is 0 Å². The number of rotatable bonds is 6. The highest BCUT2D eigenvalue weighted by atomic mass is 35.5. The number of amides is 1. The third kappa shape index (κ3) is 3.79. The van der Waals surface area contributed by atoms with Gasteiger partial charge in [0, 0.05) is 18.1 Å². The fourth-order valence-corrected chi connectivity index (χ4v) is 1.92. The molecule has 8 nitrogen and oxygen atoms in total. The molecule has 1 aromatic carbocycles. The average molecular weight is 325 g/mol. The van der Waals surface area contributed by atoms with Crippen LogP contribution in [0.4, 0.5) is 5.69 Å². The minimum atomic E-state index is -0.644. The first-order valence-electron chi connectivity index (χ1n) is 6.55. The van der Waals surface area contributed by atoms with Gasteiger partial charge in [0.15, 0.2) is 5.82 Å². The SMILES string of the molecule is CCCc1nc(CNC(=O)c2ccc(Cl)c([N+](=O)[O-])c2)no1. The number of carbonyl (C=O) groups excluding carboxylic acids is 1. The summed E-state index contributed by atoms with van der Waals surface area (Å²) < 4.78 is 4.99. The van der Waals surface area contributed by atoms with Gasteiger partial charge in [0.05, 0.1) is 11.5 Å². The maximum absolute atomic E-state index is 12.0. The number of halogens is 1. The minimum absolute atomic E-state index is 0.0241. The molecule has 1 aromatic heterocycles. The van der Waals surface area contributed by atoms with E-state index in [1.807, 2.05) is 6.92 Å². The zero-order chi connectivity index (χ0) is 16.1. The molecule has 0 saturated carbocycles. The second kappa shape index (κ2) is 6.99. The maximum Gasteiger partial charge on any atom is 0.288 e. The summed E-state index contributed by atoms with van der Waals surface area (Å²) in [5.74, 6) is 0.371. The molecule has 1 amide bonds. The summed E-state index contributed by atoms with van der Waals surface area (Å²) in [7, 11) is 0. The van der Waals surface area contributed by atoms with Crippen LogP contribution in [0.25, 0.3) is 0 Å². The molecule has 0 fully saturated rings. The van der Waals surface area contributed by atoms with Crippen molar-refractivity contribution in [3.8, 4) is 0 Å². The summed E-state index contributed by atoms with van der Waals surface area (Å²) in [6.45, 7) is 2.06. The lowest BCUT2D eigenvalue weighted by Crippen LogP contribution is -2.23. The predicted molar refractivity (Wildman–Crippen MR) is 77.6 cm³/mol. The Kier molecular flexibility index (Phi) is 5.05. The average Bonchev–Trinajstić information content (AvgIpc) is 2.93. The number of aryl methyl sites for hydroxylation is 1. The molecule has 0 radical (unpaired) electrons. The quantitative estimate of drug-likeness (QED) is 0.645. The van der Waals surface area contributed by atoms with Crippen molar-refractivity contribution in [2.45, 2.75) is 26.3 Å². The number of nitro groups is 1. The summed E-state index contributed by atoms with van der Waals surface area (Å²) in [5.41, 5.74) is -0.188. The zero-order valence-electron chi connectivity index (χ0n) is 11.7. The monoisotopic (exact) mass is 324 g/mol. The van der Waals surface area contributed by atoms with Crippen molar-refractivity contribution in [1.29, 1.82) is 0 Å². The molecule has 9 heteroatoms. The Morgan fingerprint density at radius 1 is 1.50 bits per heavy atom. The predicted octanol–water partition coefficient (Wildman–Crippen LogP) is 2.51. The van der Waals surface area contributed by atoms with Gasteiger partial charge in [0.1, 0.15) is 5.02 Å². The number of benzene rings is 1. The molecule has 1 N–H and O–H groups in total. The number of hydrogen-bond donors (Lipinski definition) is 1. The number of carbonyl (C=O) groups is 1. The summed E-state index contributed by atoms with van der Waals surface area (Å²) in [6, 6.07) is 3.84. The number of aromatic nitrogens is 2. The molecule has 1 heterocycles. The molecule has 0 aliphatic carbocycles. The molecule has 2 rings (SSSR count). The Hall–Kier alpha value is -2.48. The van der Waals surface area contributed by atoms with E-state index < -0.39 is 10.8 Å². The molecule has 2 aromatic rings. The molecular weight excluding hydrogens is 312 g/mol. The lowest BCUT2D eigenvalue weighted by atomic mass is 10.2. The Bertz CT molecular complexity index is 701. The van der Waals surface area contributed by atoms with Crippen LogP contribution in [0.15, 0.2) is 22.7 Å². The lowest BCUT2D eigenvalue weighted by Gasteiger charge is -2.03. The fraction of sp³-hybridized carbons (Fsp3) is 0.308. The summed E-state index contributed by atoms with van der Waals surface area (Å²) >= 11 is 5.70. The first-order chi connectivity index (χ1) is 10.5. The smallest absolute Gasteiger partial charge is 0.288 e. The molecule has 0 aliphatic heterocycles. The van der Waals surface area contributed by atoms with Gasteiger partial charge in [-0.3, -0.25) is 14.9 Å². The molecule has 0 unspecified atom stereocenters. The molecule has 0 atom stereocenters. The zero-order valence-corrected chi connectivity index (χ0v) is 12.5. The van der Waals surface area contributed by atoms with Gasteiger partial charge in [-0.05, 0) is 18.6 Å². The van der Waals surface area contributed by atoms with E-state index in [4.69, 9.17) is 16.1 Å². The fourth-order valence-electron chi connectivity index (χ4n) is 1.73. The normalized spacial score (nSPS) is 10.5. The van der Waals surface area contributed by atoms with Gasteiger partial charge in [-0.2, -0.15) is 4.98 Å². The Morgan fingerprint density at radius 3 is 2.95 bits per heavy atom. The number of nitrogens with zero attached hydrogens (tertiary/aromatic N) is 3. The largest absolute Gasteiger partial charge is 0.345 e. The van der Waals surface area contributed by atoms with E-state index in [0.29, 0.717) is 18.1 Å². The van der Waals surface area contributed by atoms with E-state index in [0.717, 1.165) is 12.5 Å². The summed E-state index contributed by atoms with van der Waals surface area (Å²) in [4.78, 5) is 26.2. The second-order valence-electron chi connectivity index (χ2n) is 4.46. The highest BCUT2D eigenvalue weighted by molar-refractivity contribution is 6.32. The maximum atomic E-state index is 12.0. The van der Waals surface area contributed by atoms with E-state index in [2.05, 4.69) is 15.5 Å². The molecule has 22 heavy (non-hydrogen) atoms. The van der Waals surface area contributed by atoms with Gasteiger partial charge in [0.2, 0.25) is 5.89 Å². The van der Waals surface area contributed by atoms with E-state index in [1.165, 1.54) is 12.1 Å². The van der Waals surface area contributed by atoms with Crippen LogP contribution in [0.1, 0.15) is 35.4 Å². The molecule has 0 bridgehead atoms. The van der Waals surface area contributed by atoms with Crippen molar-refractivity contribution in [1.82, 2.24) is 15.5 Å². The molecule has 0 spiro atoms. The van der Waals surface area contributed by atoms with Crippen molar-refractivity contribution in [3.63, 3.8) is 0 Å². The second-order valence-corrected chi connectivity index (χ2v) is 4.87. The van der Waals surface area contributed by atoms with Crippen LogP contribution in [0.5, 0.6) is 0 Å². The van der Waals surface area contributed by atoms with Gasteiger partial charge in [-0.1, -0.05) is 23.7 Å². The van der Waals surface area contributed by atoms with Crippen LogP contribution in [0.2, 0.25) is 5.02 Å². The van der Waals surface area contributed by atoms with E-state index in [9.17, 15) is 14.9 Å². The molecular formula is C13H13ClN4O4. The number of nitrogens with one attached hydrogen (secondary N) is 1. The lowest BCUT2D eigenvalue weighted by molar-refractivity contribution is -0.384. The Labute approximate surface area is 130 Å². The van der Waals surface area contributed by atoms with Crippen molar-refractivity contribution in [2.75, 3.05) is 0 Å². The first kappa shape index (κ1) is 15.9. The topological polar surface area (TPSA) is 111 Å². The van der Waals surface area contributed by atoms with Crippen LogP contribution in [0.3, 0.4) is 0 Å². The molecule has 116 valence electrons. The third-order valence-electron chi connectivity index (χ3n) is 2.79. The van der Waals surface area contributed by atoms with Crippen molar-refractivity contribution < 1.29 is 14.2 Å². The summed E-state index contributed by atoms with van der Waals surface area (Å²) in [5, 5.41) is 17.1. The van der Waals surface area contributed by atoms with Gasteiger partial charge in [-0.15, -0.1) is 0 Å². The highest BCUT2D eigenvalue weighted by Crippen LogP contribution is 2.24. The number of nitro benzene ring substituents is 1. The van der Waals surface area contributed by atoms with Gasteiger partial charge in [0.25, 0.3) is 11.6 Å². The Morgan fingerprint density at radius 2 is 2.27 bits per heavy atom. The third-order valence-corrected chi connectivity index (χ3v) is 3.11.